The van der Waals surface area contributed by atoms with E-state index >= 15 is 0 Å². The van der Waals surface area contributed by atoms with E-state index < -0.39 is 5.54 Å². The third-order valence-electron chi connectivity index (χ3n) is 5.70. The van der Waals surface area contributed by atoms with Crippen LogP contribution in [0.1, 0.15) is 43.6 Å². The SMILES string of the molecule is CC(=O)NC(CO)(CO)CCc1ccc(Oc2ccc(-c3coc(C4CC4)n3)cc2)cc1. The molecule has 2 aromatic carbocycles. The summed E-state index contributed by atoms with van der Waals surface area (Å²) in [6.45, 7) is 0.725. The van der Waals surface area contributed by atoms with Crippen LogP contribution in [0.15, 0.2) is 59.2 Å². The van der Waals surface area contributed by atoms with Crippen molar-refractivity contribution < 1.29 is 24.2 Å². The minimum absolute atomic E-state index is 0.283. The number of ether oxygens (including phenoxy) is 1. The molecule has 0 unspecified atom stereocenters. The van der Waals surface area contributed by atoms with Crippen molar-refractivity contribution in [3.8, 4) is 22.8 Å². The number of aliphatic hydroxyl groups excluding tert-OH is 2. The molecule has 1 saturated carbocycles. The second-order valence-electron chi connectivity index (χ2n) is 8.39. The van der Waals surface area contributed by atoms with Crippen molar-refractivity contribution in [3.05, 3.63) is 66.2 Å². The Morgan fingerprint density at radius 2 is 1.72 bits per heavy atom. The fourth-order valence-electron chi connectivity index (χ4n) is 3.60. The number of hydrogen-bond acceptors (Lipinski definition) is 6. The van der Waals surface area contributed by atoms with Crippen LogP contribution >= 0.6 is 0 Å². The lowest BCUT2D eigenvalue weighted by Crippen LogP contribution is -2.53. The highest BCUT2D eigenvalue weighted by atomic mass is 16.5. The van der Waals surface area contributed by atoms with Crippen molar-refractivity contribution in [1.29, 1.82) is 0 Å². The first-order valence-electron chi connectivity index (χ1n) is 10.8. The summed E-state index contributed by atoms with van der Waals surface area (Å²) in [5.74, 6) is 2.46. The first-order chi connectivity index (χ1) is 15.5. The molecule has 0 saturated heterocycles. The summed E-state index contributed by atoms with van der Waals surface area (Å²) in [5.41, 5.74) is 1.82. The van der Waals surface area contributed by atoms with Crippen LogP contribution in [0.2, 0.25) is 0 Å². The van der Waals surface area contributed by atoms with Crippen LogP contribution in [-0.4, -0.2) is 39.9 Å². The maximum absolute atomic E-state index is 11.4. The number of aromatic nitrogens is 1. The summed E-state index contributed by atoms with van der Waals surface area (Å²) in [5, 5.41) is 21.9. The van der Waals surface area contributed by atoms with Crippen molar-refractivity contribution in [2.75, 3.05) is 13.2 Å². The van der Waals surface area contributed by atoms with Crippen LogP contribution < -0.4 is 10.1 Å². The number of carbonyl (C=O) groups is 1. The number of benzene rings is 2. The molecule has 1 heterocycles. The lowest BCUT2D eigenvalue weighted by Gasteiger charge is -2.30. The molecule has 3 N–H and O–H groups in total. The Kier molecular flexibility index (Phi) is 6.58. The molecule has 1 amide bonds. The molecule has 7 heteroatoms. The summed E-state index contributed by atoms with van der Waals surface area (Å²) >= 11 is 0. The van der Waals surface area contributed by atoms with Gasteiger partial charge in [0.05, 0.1) is 18.8 Å². The monoisotopic (exact) mass is 436 g/mol. The van der Waals surface area contributed by atoms with Gasteiger partial charge in [0.15, 0.2) is 5.89 Å². The predicted molar refractivity (Wildman–Crippen MR) is 119 cm³/mol. The van der Waals surface area contributed by atoms with E-state index in [1.54, 1.807) is 6.26 Å². The zero-order valence-electron chi connectivity index (χ0n) is 18.1. The molecule has 1 fully saturated rings. The summed E-state index contributed by atoms with van der Waals surface area (Å²) in [4.78, 5) is 15.9. The third-order valence-corrected chi connectivity index (χ3v) is 5.70. The third kappa shape index (κ3) is 5.36. The number of oxazole rings is 1. The van der Waals surface area contributed by atoms with E-state index in [1.165, 1.54) is 6.92 Å². The van der Waals surface area contributed by atoms with Gasteiger partial charge in [-0.2, -0.15) is 0 Å². The number of nitrogens with one attached hydrogen (secondary N) is 1. The topological polar surface area (TPSA) is 105 Å². The highest BCUT2D eigenvalue weighted by molar-refractivity contribution is 5.73. The van der Waals surface area contributed by atoms with Crippen molar-refractivity contribution in [2.45, 2.75) is 44.1 Å². The van der Waals surface area contributed by atoms with Gasteiger partial charge in [0.25, 0.3) is 0 Å². The highest BCUT2D eigenvalue weighted by Crippen LogP contribution is 2.40. The van der Waals surface area contributed by atoms with E-state index in [4.69, 9.17) is 9.15 Å². The summed E-state index contributed by atoms with van der Waals surface area (Å²) in [7, 11) is 0. The molecular weight excluding hydrogens is 408 g/mol. The van der Waals surface area contributed by atoms with Gasteiger partial charge in [-0.25, -0.2) is 4.98 Å². The average Bonchev–Trinajstić information content (AvgIpc) is 3.54. The smallest absolute Gasteiger partial charge is 0.217 e. The quantitative estimate of drug-likeness (QED) is 0.446. The minimum Gasteiger partial charge on any atom is -0.457 e. The Hall–Kier alpha value is -3.16. The van der Waals surface area contributed by atoms with E-state index in [0.717, 1.165) is 41.3 Å². The Balaban J connectivity index is 1.34. The van der Waals surface area contributed by atoms with Crippen molar-refractivity contribution in [2.24, 2.45) is 0 Å². The van der Waals surface area contributed by atoms with Crippen LogP contribution in [0.4, 0.5) is 0 Å². The van der Waals surface area contributed by atoms with Crippen LogP contribution in [0.5, 0.6) is 11.5 Å². The zero-order valence-corrected chi connectivity index (χ0v) is 18.1. The fourth-order valence-corrected chi connectivity index (χ4v) is 3.60. The molecule has 7 nitrogen and oxygen atoms in total. The molecule has 0 radical (unpaired) electrons. The largest absolute Gasteiger partial charge is 0.457 e. The number of aryl methyl sites for hydroxylation is 1. The summed E-state index contributed by atoms with van der Waals surface area (Å²) < 4.78 is 11.5. The fraction of sp³-hybridized carbons (Fsp3) is 0.360. The maximum atomic E-state index is 11.4. The number of nitrogens with zero attached hydrogens (tertiary/aromatic N) is 1. The lowest BCUT2D eigenvalue weighted by atomic mass is 9.92. The number of rotatable bonds is 10. The Morgan fingerprint density at radius 3 is 2.28 bits per heavy atom. The molecule has 3 aromatic rings. The van der Waals surface area contributed by atoms with Crippen LogP contribution in [0, 0.1) is 0 Å². The van der Waals surface area contributed by atoms with Gasteiger partial charge < -0.3 is 24.7 Å². The van der Waals surface area contributed by atoms with Crippen LogP contribution in [-0.2, 0) is 11.2 Å². The van der Waals surface area contributed by atoms with Gasteiger partial charge in [-0.1, -0.05) is 12.1 Å². The standard InChI is InChI=1S/C25H28N2O5/c1-17(30)27-25(15-28,16-29)13-12-18-2-8-21(9-3-18)32-22-10-6-19(7-11-22)23-14-31-24(26-23)20-4-5-20/h2-3,6-11,14,20,28-29H,4-5,12-13,15-16H2,1H3,(H,27,30). The average molecular weight is 437 g/mol. The lowest BCUT2D eigenvalue weighted by molar-refractivity contribution is -0.122. The van der Waals surface area contributed by atoms with Crippen LogP contribution in [0.25, 0.3) is 11.3 Å². The molecule has 0 spiro atoms. The first kappa shape index (κ1) is 22.0. The van der Waals surface area contributed by atoms with Gasteiger partial charge in [-0.15, -0.1) is 0 Å². The van der Waals surface area contributed by atoms with Crippen molar-refractivity contribution in [3.63, 3.8) is 0 Å². The van der Waals surface area contributed by atoms with Gasteiger partial charge >= 0.3 is 0 Å². The van der Waals surface area contributed by atoms with Gasteiger partial charge in [-0.3, -0.25) is 4.79 Å². The van der Waals surface area contributed by atoms with Crippen LogP contribution in [0.3, 0.4) is 0 Å². The Bertz CT molecular complexity index is 1030. The zero-order chi connectivity index (χ0) is 22.6. The van der Waals surface area contributed by atoms with E-state index in [1.807, 2.05) is 48.5 Å². The number of hydrogen-bond donors (Lipinski definition) is 3. The second-order valence-corrected chi connectivity index (χ2v) is 8.39. The van der Waals surface area contributed by atoms with E-state index in [-0.39, 0.29) is 19.1 Å². The molecule has 0 atom stereocenters. The summed E-state index contributed by atoms with van der Waals surface area (Å²) in [6.07, 6.45) is 5.04. The van der Waals surface area contributed by atoms with E-state index in [2.05, 4.69) is 10.3 Å². The molecule has 32 heavy (non-hydrogen) atoms. The molecule has 168 valence electrons. The molecule has 1 aromatic heterocycles. The maximum Gasteiger partial charge on any atom is 0.217 e. The minimum atomic E-state index is -1.02. The Morgan fingerprint density at radius 1 is 1.09 bits per heavy atom. The van der Waals surface area contributed by atoms with Gasteiger partial charge in [0, 0.05) is 18.4 Å². The van der Waals surface area contributed by atoms with Gasteiger partial charge in [-0.05, 0) is 67.6 Å². The Labute approximate surface area is 187 Å². The molecular formula is C25H28N2O5. The number of aliphatic hydroxyl groups is 2. The van der Waals surface area contributed by atoms with Crippen molar-refractivity contribution in [1.82, 2.24) is 10.3 Å². The molecule has 0 aliphatic heterocycles. The van der Waals surface area contributed by atoms with Gasteiger partial charge in [0.2, 0.25) is 5.91 Å². The molecule has 1 aliphatic rings. The highest BCUT2D eigenvalue weighted by Gasteiger charge is 2.29. The number of carbonyl (C=O) groups excluding carboxylic acids is 1. The predicted octanol–water partition coefficient (Wildman–Crippen LogP) is 3.80. The second kappa shape index (κ2) is 9.54. The first-order valence-corrected chi connectivity index (χ1v) is 10.8. The van der Waals surface area contributed by atoms with Gasteiger partial charge in [0.1, 0.15) is 23.5 Å². The number of amides is 1. The van der Waals surface area contributed by atoms with Crippen molar-refractivity contribution >= 4 is 5.91 Å². The normalized spacial score (nSPS) is 13.7. The molecule has 1 aliphatic carbocycles. The van der Waals surface area contributed by atoms with E-state index in [9.17, 15) is 15.0 Å². The molecule has 0 bridgehead atoms. The molecule has 4 rings (SSSR count). The van der Waals surface area contributed by atoms with E-state index in [0.29, 0.717) is 24.5 Å². The summed E-state index contributed by atoms with van der Waals surface area (Å²) in [6, 6.07) is 15.4.